The second kappa shape index (κ2) is 6.28. The largest absolute Gasteiger partial charge is 0.395 e. The number of rotatable bonds is 5. The lowest BCUT2D eigenvalue weighted by atomic mass is 10.4. The van der Waals surface area contributed by atoms with E-state index in [1.165, 1.54) is 0 Å². The molecule has 5 N–H and O–H groups in total. The Morgan fingerprint density at radius 1 is 1.22 bits per heavy atom. The first-order valence-electron chi connectivity index (χ1n) is 5.73. The van der Waals surface area contributed by atoms with Gasteiger partial charge in [-0.25, -0.2) is 5.84 Å². The second-order valence-corrected chi connectivity index (χ2v) is 3.68. The first-order chi connectivity index (χ1) is 8.83. The fourth-order valence-electron chi connectivity index (χ4n) is 1.58. The number of ether oxygens (including phenoxy) is 1. The standard InChI is InChI=1S/C9H17N7O2/c10-15-8-12-7(11-1-4-17)13-9(14-8)16-2-5-18-6-3-16/h17H,1-6,10H2,(H2,11,12,13,14,15). The Labute approximate surface area is 104 Å². The van der Waals surface area contributed by atoms with Crippen LogP contribution in [0, 0.1) is 0 Å². The first-order valence-corrected chi connectivity index (χ1v) is 5.73. The molecule has 0 radical (unpaired) electrons. The molecule has 0 aliphatic carbocycles. The van der Waals surface area contributed by atoms with Gasteiger partial charge in [-0.2, -0.15) is 15.0 Å². The molecule has 1 aromatic heterocycles. The van der Waals surface area contributed by atoms with Crippen molar-refractivity contribution in [2.24, 2.45) is 5.84 Å². The predicted octanol–water partition coefficient (Wildman–Crippen LogP) is -1.60. The number of aromatic nitrogens is 3. The molecule has 1 fully saturated rings. The summed E-state index contributed by atoms with van der Waals surface area (Å²) in [5, 5.41) is 11.7. The third kappa shape index (κ3) is 3.15. The normalized spacial score (nSPS) is 15.6. The van der Waals surface area contributed by atoms with E-state index in [1.807, 2.05) is 4.90 Å². The number of morpholine rings is 1. The van der Waals surface area contributed by atoms with E-state index >= 15 is 0 Å². The first kappa shape index (κ1) is 12.7. The van der Waals surface area contributed by atoms with Crippen molar-refractivity contribution in [3.8, 4) is 0 Å². The zero-order valence-corrected chi connectivity index (χ0v) is 9.96. The van der Waals surface area contributed by atoms with Crippen LogP contribution in [0.3, 0.4) is 0 Å². The molecule has 0 amide bonds. The molecule has 9 nitrogen and oxygen atoms in total. The van der Waals surface area contributed by atoms with Crippen LogP contribution in [0.5, 0.6) is 0 Å². The summed E-state index contributed by atoms with van der Waals surface area (Å²) in [5.41, 5.74) is 2.40. The topological polar surface area (TPSA) is 121 Å². The Balaban J connectivity index is 2.16. The Kier molecular flexibility index (Phi) is 4.45. The Morgan fingerprint density at radius 3 is 2.61 bits per heavy atom. The minimum Gasteiger partial charge on any atom is -0.395 e. The zero-order valence-electron chi connectivity index (χ0n) is 9.96. The van der Waals surface area contributed by atoms with E-state index in [4.69, 9.17) is 15.7 Å². The van der Waals surface area contributed by atoms with Gasteiger partial charge in [-0.1, -0.05) is 0 Å². The summed E-state index contributed by atoms with van der Waals surface area (Å²) < 4.78 is 5.27. The molecule has 0 atom stereocenters. The molecule has 0 aromatic carbocycles. The molecular formula is C9H17N7O2. The number of nitrogens with zero attached hydrogens (tertiary/aromatic N) is 4. The maximum Gasteiger partial charge on any atom is 0.243 e. The van der Waals surface area contributed by atoms with Crippen molar-refractivity contribution < 1.29 is 9.84 Å². The predicted molar refractivity (Wildman–Crippen MR) is 66.2 cm³/mol. The van der Waals surface area contributed by atoms with Crippen LogP contribution < -0.4 is 21.5 Å². The van der Waals surface area contributed by atoms with Crippen LogP contribution in [-0.2, 0) is 4.74 Å². The maximum atomic E-state index is 8.77. The number of aliphatic hydroxyl groups is 1. The number of nitrogen functional groups attached to an aromatic ring is 1. The van der Waals surface area contributed by atoms with Crippen molar-refractivity contribution in [3.05, 3.63) is 0 Å². The number of anilines is 3. The molecule has 0 saturated carbocycles. The van der Waals surface area contributed by atoms with Gasteiger partial charge in [-0.3, -0.25) is 5.43 Å². The molecular weight excluding hydrogens is 238 g/mol. The molecule has 1 aromatic rings. The minimum absolute atomic E-state index is 0.00393. The lowest BCUT2D eigenvalue weighted by molar-refractivity contribution is 0.122. The van der Waals surface area contributed by atoms with Crippen LogP contribution in [0.25, 0.3) is 0 Å². The fraction of sp³-hybridized carbons (Fsp3) is 0.667. The highest BCUT2D eigenvalue weighted by molar-refractivity contribution is 5.43. The molecule has 2 rings (SSSR count). The average Bonchev–Trinajstić information content (AvgIpc) is 2.45. The van der Waals surface area contributed by atoms with E-state index in [2.05, 4.69) is 25.7 Å². The van der Waals surface area contributed by atoms with E-state index in [0.717, 1.165) is 13.1 Å². The number of aliphatic hydroxyl groups excluding tert-OH is 1. The van der Waals surface area contributed by atoms with Gasteiger partial charge < -0.3 is 20.1 Å². The highest BCUT2D eigenvalue weighted by Gasteiger charge is 2.16. The number of hydrogen-bond acceptors (Lipinski definition) is 9. The monoisotopic (exact) mass is 255 g/mol. The second-order valence-electron chi connectivity index (χ2n) is 3.68. The van der Waals surface area contributed by atoms with Crippen molar-refractivity contribution in [1.82, 2.24) is 15.0 Å². The molecule has 2 heterocycles. The van der Waals surface area contributed by atoms with Crippen LogP contribution in [0.2, 0.25) is 0 Å². The van der Waals surface area contributed by atoms with Crippen LogP contribution in [0.4, 0.5) is 17.8 Å². The van der Waals surface area contributed by atoms with Gasteiger partial charge in [0.05, 0.1) is 19.8 Å². The van der Waals surface area contributed by atoms with Crippen molar-refractivity contribution in [2.45, 2.75) is 0 Å². The molecule has 0 bridgehead atoms. The number of nitrogens with two attached hydrogens (primary N) is 1. The summed E-state index contributed by atoms with van der Waals surface area (Å²) in [4.78, 5) is 14.5. The van der Waals surface area contributed by atoms with Crippen molar-refractivity contribution in [3.63, 3.8) is 0 Å². The molecule has 1 aliphatic heterocycles. The van der Waals surface area contributed by atoms with Crippen LogP contribution in [0.1, 0.15) is 0 Å². The van der Waals surface area contributed by atoms with E-state index in [-0.39, 0.29) is 12.6 Å². The summed E-state index contributed by atoms with van der Waals surface area (Å²) in [6.45, 7) is 3.13. The third-order valence-electron chi connectivity index (χ3n) is 2.44. The molecule has 9 heteroatoms. The smallest absolute Gasteiger partial charge is 0.243 e. The molecule has 1 aliphatic rings. The fourth-order valence-corrected chi connectivity index (χ4v) is 1.58. The van der Waals surface area contributed by atoms with E-state index in [1.54, 1.807) is 0 Å². The van der Waals surface area contributed by atoms with E-state index in [0.29, 0.717) is 31.7 Å². The molecule has 0 unspecified atom stereocenters. The lowest BCUT2D eigenvalue weighted by Crippen LogP contribution is -2.37. The summed E-state index contributed by atoms with van der Waals surface area (Å²) in [5.74, 6) is 6.53. The third-order valence-corrected chi connectivity index (χ3v) is 2.44. The summed E-state index contributed by atoms with van der Waals surface area (Å²) >= 11 is 0. The molecule has 100 valence electrons. The SMILES string of the molecule is NNc1nc(NCCO)nc(N2CCOCC2)n1. The molecule has 0 spiro atoms. The van der Waals surface area contributed by atoms with E-state index in [9.17, 15) is 0 Å². The Hall–Kier alpha value is -1.71. The van der Waals surface area contributed by atoms with Crippen molar-refractivity contribution in [1.29, 1.82) is 0 Å². The quantitative estimate of drug-likeness (QED) is 0.364. The molecule has 18 heavy (non-hydrogen) atoms. The zero-order chi connectivity index (χ0) is 12.8. The molecule has 1 saturated heterocycles. The number of nitrogens with one attached hydrogen (secondary N) is 2. The number of hydrogen-bond donors (Lipinski definition) is 4. The van der Waals surface area contributed by atoms with Crippen LogP contribution in [-0.4, -0.2) is 59.5 Å². The average molecular weight is 255 g/mol. The Morgan fingerprint density at radius 2 is 1.94 bits per heavy atom. The van der Waals surface area contributed by atoms with Gasteiger partial charge in [0.15, 0.2) is 0 Å². The summed E-state index contributed by atoms with van der Waals surface area (Å²) in [7, 11) is 0. The van der Waals surface area contributed by atoms with Gasteiger partial charge >= 0.3 is 0 Å². The lowest BCUT2D eigenvalue weighted by Gasteiger charge is -2.27. The number of hydrazine groups is 1. The van der Waals surface area contributed by atoms with Gasteiger partial charge in [0.25, 0.3) is 0 Å². The van der Waals surface area contributed by atoms with Crippen LogP contribution >= 0.6 is 0 Å². The van der Waals surface area contributed by atoms with Crippen LogP contribution in [0.15, 0.2) is 0 Å². The van der Waals surface area contributed by atoms with E-state index < -0.39 is 0 Å². The van der Waals surface area contributed by atoms with Gasteiger partial charge in [0.1, 0.15) is 0 Å². The highest BCUT2D eigenvalue weighted by Crippen LogP contribution is 2.14. The summed E-state index contributed by atoms with van der Waals surface area (Å²) in [6.07, 6.45) is 0. The Bertz CT molecular complexity index is 383. The van der Waals surface area contributed by atoms with Crippen molar-refractivity contribution in [2.75, 3.05) is 55.1 Å². The van der Waals surface area contributed by atoms with Gasteiger partial charge in [0, 0.05) is 19.6 Å². The summed E-state index contributed by atoms with van der Waals surface area (Å²) in [6, 6.07) is 0. The van der Waals surface area contributed by atoms with Gasteiger partial charge in [-0.15, -0.1) is 0 Å². The maximum absolute atomic E-state index is 8.77. The van der Waals surface area contributed by atoms with Crippen molar-refractivity contribution >= 4 is 17.8 Å². The highest BCUT2D eigenvalue weighted by atomic mass is 16.5. The minimum atomic E-state index is 0.00393. The van der Waals surface area contributed by atoms with Gasteiger partial charge in [-0.05, 0) is 0 Å². The van der Waals surface area contributed by atoms with Gasteiger partial charge in [0.2, 0.25) is 17.8 Å².